The van der Waals surface area contributed by atoms with E-state index in [1.165, 1.54) is 83.2 Å². The first-order valence-electron chi connectivity index (χ1n) is 11.3. The molecule has 0 aromatic heterocycles. The minimum Gasteiger partial charge on any atom is -0.344 e. The van der Waals surface area contributed by atoms with Gasteiger partial charge in [-0.2, -0.15) is 0 Å². The lowest BCUT2D eigenvalue weighted by atomic mass is 10.1. The van der Waals surface area contributed by atoms with Crippen LogP contribution in [0.3, 0.4) is 0 Å². The van der Waals surface area contributed by atoms with E-state index in [1.807, 2.05) is 27.7 Å². The Morgan fingerprint density at radius 1 is 0.692 bits per heavy atom. The fourth-order valence-electron chi connectivity index (χ4n) is 3.20. The van der Waals surface area contributed by atoms with Crippen LogP contribution in [0.5, 0.6) is 0 Å². The van der Waals surface area contributed by atoms with Gasteiger partial charge in [0.15, 0.2) is 0 Å². The third-order valence-corrected chi connectivity index (χ3v) is 7.37. The lowest BCUT2D eigenvalue weighted by Gasteiger charge is -2.15. The highest BCUT2D eigenvalue weighted by Gasteiger charge is 2.20. The number of hydrogen-bond donors (Lipinski definition) is 1. The van der Waals surface area contributed by atoms with Crippen molar-refractivity contribution in [2.45, 2.75) is 112 Å². The summed E-state index contributed by atoms with van der Waals surface area (Å²) < 4.78 is 11.4. The molecule has 0 bridgehead atoms. The van der Waals surface area contributed by atoms with Gasteiger partial charge in [-0.05, 0) is 24.4 Å². The molecular formula is C22H50O2P2. The summed E-state index contributed by atoms with van der Waals surface area (Å²) >= 11 is 0. The summed E-state index contributed by atoms with van der Waals surface area (Å²) in [4.78, 5) is 9.41. The standard InChI is InChI=1S/C14H31P.C8H19O2P/c1-2-3-4-5-6-7-8-9-10-11-12-13-14-15;1-7(2)5-11(9,10)6-8(3)4/h2-15H2,1H3;7-8H,5-6H2,1-4H3,(H,9,10). The zero-order valence-electron chi connectivity index (χ0n) is 18.6. The van der Waals surface area contributed by atoms with E-state index in [2.05, 4.69) is 16.2 Å². The van der Waals surface area contributed by atoms with Crippen LogP contribution < -0.4 is 0 Å². The molecule has 0 heterocycles. The third-order valence-electron chi connectivity index (χ3n) is 4.36. The fraction of sp³-hybridized carbons (Fsp3) is 1.00. The lowest BCUT2D eigenvalue weighted by molar-refractivity contribution is 0.459. The van der Waals surface area contributed by atoms with Gasteiger partial charge in [-0.1, -0.05) is 105 Å². The smallest absolute Gasteiger partial charge is 0.201 e. The molecule has 0 saturated carbocycles. The molecule has 0 rings (SSSR count). The van der Waals surface area contributed by atoms with Gasteiger partial charge in [0.2, 0.25) is 7.37 Å². The van der Waals surface area contributed by atoms with Gasteiger partial charge in [-0.15, -0.1) is 9.24 Å². The van der Waals surface area contributed by atoms with Crippen LogP contribution in [-0.4, -0.2) is 23.4 Å². The second kappa shape index (κ2) is 20.4. The van der Waals surface area contributed by atoms with Crippen molar-refractivity contribution >= 4 is 16.6 Å². The van der Waals surface area contributed by atoms with E-state index in [0.29, 0.717) is 24.2 Å². The van der Waals surface area contributed by atoms with Gasteiger partial charge >= 0.3 is 0 Å². The molecule has 0 spiro atoms. The van der Waals surface area contributed by atoms with E-state index in [4.69, 9.17) is 0 Å². The van der Waals surface area contributed by atoms with Crippen LogP contribution >= 0.6 is 16.6 Å². The predicted molar refractivity (Wildman–Crippen MR) is 125 cm³/mol. The van der Waals surface area contributed by atoms with Crippen LogP contribution in [0, 0.1) is 11.8 Å². The summed E-state index contributed by atoms with van der Waals surface area (Å²) in [6, 6.07) is 0. The third kappa shape index (κ3) is 26.8. The summed E-state index contributed by atoms with van der Waals surface area (Å²) in [5.74, 6) is 0.647. The molecule has 1 unspecified atom stereocenters. The van der Waals surface area contributed by atoms with Crippen molar-refractivity contribution in [2.24, 2.45) is 11.8 Å². The van der Waals surface area contributed by atoms with E-state index < -0.39 is 7.37 Å². The minimum atomic E-state index is -2.80. The van der Waals surface area contributed by atoms with Crippen molar-refractivity contribution in [2.75, 3.05) is 18.5 Å². The molecule has 26 heavy (non-hydrogen) atoms. The molecule has 0 aliphatic heterocycles. The molecule has 0 fully saturated rings. The van der Waals surface area contributed by atoms with Gasteiger partial charge in [0.1, 0.15) is 0 Å². The minimum absolute atomic E-state index is 0.324. The van der Waals surface area contributed by atoms with Gasteiger partial charge < -0.3 is 4.89 Å². The normalized spacial score (nSPS) is 11.7. The van der Waals surface area contributed by atoms with E-state index in [0.717, 1.165) is 0 Å². The van der Waals surface area contributed by atoms with E-state index >= 15 is 0 Å². The quantitative estimate of drug-likeness (QED) is 0.207. The van der Waals surface area contributed by atoms with Gasteiger partial charge in [0, 0.05) is 12.3 Å². The highest BCUT2D eigenvalue weighted by molar-refractivity contribution is 7.58. The molecule has 1 N–H and O–H groups in total. The predicted octanol–water partition coefficient (Wildman–Crippen LogP) is 8.13. The summed E-state index contributed by atoms with van der Waals surface area (Å²) in [7, 11) is 0.0100. The first-order valence-corrected chi connectivity index (χ1v) is 14.1. The lowest BCUT2D eigenvalue weighted by Crippen LogP contribution is -2.05. The Hall–Kier alpha value is 0.620. The molecule has 0 aromatic rings. The molecule has 0 aromatic carbocycles. The van der Waals surface area contributed by atoms with Crippen molar-refractivity contribution in [3.63, 3.8) is 0 Å². The molecule has 2 nitrogen and oxygen atoms in total. The van der Waals surface area contributed by atoms with Crippen molar-refractivity contribution in [3.05, 3.63) is 0 Å². The molecule has 1 atom stereocenters. The van der Waals surface area contributed by atoms with Crippen molar-refractivity contribution in [3.8, 4) is 0 Å². The molecule has 0 aliphatic rings. The average Bonchev–Trinajstić information content (AvgIpc) is 2.50. The van der Waals surface area contributed by atoms with E-state index in [1.54, 1.807) is 0 Å². The first-order chi connectivity index (χ1) is 12.2. The van der Waals surface area contributed by atoms with Crippen LogP contribution in [0.25, 0.3) is 0 Å². The summed E-state index contributed by atoms with van der Waals surface area (Å²) in [6.45, 7) is 10.2. The van der Waals surface area contributed by atoms with E-state index in [-0.39, 0.29) is 0 Å². The van der Waals surface area contributed by atoms with Gasteiger partial charge in [0.25, 0.3) is 0 Å². The molecule has 0 radical (unpaired) electrons. The number of hydrogen-bond acceptors (Lipinski definition) is 1. The molecule has 0 amide bonds. The van der Waals surface area contributed by atoms with Crippen LogP contribution in [-0.2, 0) is 4.57 Å². The van der Waals surface area contributed by atoms with Gasteiger partial charge in [-0.25, -0.2) is 0 Å². The van der Waals surface area contributed by atoms with Crippen LogP contribution in [0.1, 0.15) is 112 Å². The highest BCUT2D eigenvalue weighted by atomic mass is 31.2. The number of rotatable bonds is 16. The zero-order valence-corrected chi connectivity index (χ0v) is 20.7. The van der Waals surface area contributed by atoms with Gasteiger partial charge in [-0.3, -0.25) is 4.57 Å². The van der Waals surface area contributed by atoms with E-state index in [9.17, 15) is 9.46 Å². The Labute approximate surface area is 168 Å². The summed E-state index contributed by atoms with van der Waals surface area (Å²) in [5.41, 5.74) is 0. The van der Waals surface area contributed by atoms with Crippen LogP contribution in [0.4, 0.5) is 0 Å². The maximum atomic E-state index is 11.4. The SMILES string of the molecule is CC(C)CP(=O)(O)CC(C)C.CCCCCCCCCCCCCCP. The zero-order chi connectivity index (χ0) is 20.3. The summed E-state index contributed by atoms with van der Waals surface area (Å²) in [5, 5.41) is 0. The Kier molecular flexibility index (Phi) is 22.6. The second-order valence-electron chi connectivity index (χ2n) is 8.68. The second-order valence-corrected chi connectivity index (χ2v) is 11.7. The Morgan fingerprint density at radius 3 is 1.27 bits per heavy atom. The molecule has 0 aliphatic carbocycles. The number of unbranched alkanes of at least 4 members (excludes halogenated alkanes) is 11. The largest absolute Gasteiger partial charge is 0.344 e. The maximum Gasteiger partial charge on any atom is 0.201 e. The summed E-state index contributed by atoms with van der Waals surface area (Å²) in [6.07, 6.45) is 19.7. The van der Waals surface area contributed by atoms with Crippen LogP contribution in [0.2, 0.25) is 0 Å². The molecule has 4 heteroatoms. The average molecular weight is 409 g/mol. The van der Waals surface area contributed by atoms with Crippen molar-refractivity contribution < 1.29 is 9.46 Å². The van der Waals surface area contributed by atoms with Crippen LogP contribution in [0.15, 0.2) is 0 Å². The first kappa shape index (κ1) is 28.8. The highest BCUT2D eigenvalue weighted by Crippen LogP contribution is 2.43. The fourth-order valence-corrected chi connectivity index (χ4v) is 5.92. The Bertz CT molecular complexity index is 291. The molecule has 0 saturated heterocycles. The Morgan fingerprint density at radius 2 is 1.00 bits per heavy atom. The maximum absolute atomic E-state index is 11.4. The Balaban J connectivity index is 0. The van der Waals surface area contributed by atoms with Crippen molar-refractivity contribution in [1.29, 1.82) is 0 Å². The monoisotopic (exact) mass is 408 g/mol. The molecular weight excluding hydrogens is 358 g/mol. The van der Waals surface area contributed by atoms with Crippen molar-refractivity contribution in [1.82, 2.24) is 0 Å². The topological polar surface area (TPSA) is 37.3 Å². The molecule has 160 valence electrons. The van der Waals surface area contributed by atoms with Gasteiger partial charge in [0.05, 0.1) is 0 Å².